The molecule has 0 aromatic heterocycles. The van der Waals surface area contributed by atoms with Crippen LogP contribution in [0.5, 0.6) is 0 Å². The van der Waals surface area contributed by atoms with Gasteiger partial charge in [-0.3, -0.25) is 14.4 Å². The summed E-state index contributed by atoms with van der Waals surface area (Å²) in [4.78, 5) is 37.2. The second-order valence-electron chi connectivity index (χ2n) is 13.4. The molecule has 6 nitrogen and oxygen atoms in total. The number of carbonyl (C=O) groups excluding carboxylic acids is 3. The summed E-state index contributed by atoms with van der Waals surface area (Å²) >= 11 is 0. The fourth-order valence-electron chi connectivity index (χ4n) is 8.61. The average molecular weight is 714 g/mol. The molecule has 0 bridgehead atoms. The summed E-state index contributed by atoms with van der Waals surface area (Å²) in [5.41, 5.74) is -1.57. The van der Waals surface area contributed by atoms with E-state index in [1.807, 2.05) is 37.3 Å². The fraction of sp³-hybridized carbons (Fsp3) is 0.710. The Balaban J connectivity index is 0.000000313. The van der Waals surface area contributed by atoms with Gasteiger partial charge >= 0.3 is 24.3 Å². The van der Waals surface area contributed by atoms with Crippen LogP contribution in [0, 0.1) is 34.5 Å². The van der Waals surface area contributed by atoms with Crippen LogP contribution in [-0.2, 0) is 20.5 Å². The summed E-state index contributed by atoms with van der Waals surface area (Å²) in [6, 6.07) is 9.46. The van der Waals surface area contributed by atoms with E-state index in [0.717, 1.165) is 44.1 Å². The van der Waals surface area contributed by atoms with Gasteiger partial charge in [0.25, 0.3) is 0 Å². The molecule has 1 aromatic carbocycles. The topological polar surface area (TPSA) is 112 Å². The van der Waals surface area contributed by atoms with Crippen molar-refractivity contribution in [2.75, 3.05) is 24.9 Å². The Morgan fingerprint density at radius 1 is 1.00 bits per heavy atom. The minimum atomic E-state index is -6.00. The molecular formula is C31H47BF4O6SSe. The van der Waals surface area contributed by atoms with Gasteiger partial charge in [0, 0.05) is 23.3 Å². The Bertz CT molecular complexity index is 1150. The molecule has 0 saturated heterocycles. The Kier molecular flexibility index (Phi) is 13.4. The number of aliphatic hydroxyl groups excluding tert-OH is 2. The Labute approximate surface area is 271 Å². The molecule has 0 unspecified atom stereocenters. The summed E-state index contributed by atoms with van der Waals surface area (Å²) < 4.78 is 39.0. The van der Waals surface area contributed by atoms with Crippen LogP contribution in [0.3, 0.4) is 0 Å². The predicted octanol–water partition coefficient (Wildman–Crippen LogP) is 3.99. The first kappa shape index (κ1) is 38.9. The third-order valence-corrected chi connectivity index (χ3v) is 11.4. The van der Waals surface area contributed by atoms with Gasteiger partial charge in [-0.2, -0.15) is 0 Å². The standard InChI is InChI=1S/C21H32O5.C10H13OS.BF4.H2Se/c1-19-7-5-13(23)9-12(19)3-4-14-15-6-8-21(26,17(25)11-22)20(15,2)10-16(24)18(14)19;1-12(2)8-10(11)9-6-4-3-5-7-9;2-1(3,4)5;/h12-15,18,22-23,26H,3-11H2,1-2H3;3-7H,8H2,1-2H3;;1H2/q;+1;-1;/t12-,13-,14+,15+,18-,19+,20+,21+;;;/m1.../s1. The number of ketones is 3. The van der Waals surface area contributed by atoms with Crippen molar-refractivity contribution in [3.63, 3.8) is 0 Å². The van der Waals surface area contributed by atoms with Gasteiger partial charge in [0.1, 0.15) is 18.0 Å². The van der Waals surface area contributed by atoms with Crippen molar-refractivity contribution in [1.29, 1.82) is 0 Å². The molecule has 44 heavy (non-hydrogen) atoms. The molecule has 250 valence electrons. The van der Waals surface area contributed by atoms with Gasteiger partial charge in [-0.1, -0.05) is 44.2 Å². The van der Waals surface area contributed by atoms with E-state index in [1.165, 1.54) is 0 Å². The van der Waals surface area contributed by atoms with Gasteiger partial charge in [-0.25, -0.2) is 0 Å². The summed E-state index contributed by atoms with van der Waals surface area (Å²) in [6.07, 6.45) is 9.64. The van der Waals surface area contributed by atoms with Crippen LogP contribution in [0.25, 0.3) is 0 Å². The molecule has 5 rings (SSSR count). The zero-order chi connectivity index (χ0) is 32.4. The van der Waals surface area contributed by atoms with Crippen molar-refractivity contribution in [3.05, 3.63) is 35.9 Å². The van der Waals surface area contributed by atoms with Gasteiger partial charge in [-0.05, 0) is 79.0 Å². The van der Waals surface area contributed by atoms with Crippen LogP contribution < -0.4 is 0 Å². The van der Waals surface area contributed by atoms with Crippen molar-refractivity contribution < 1.29 is 47.0 Å². The van der Waals surface area contributed by atoms with Crippen LogP contribution in [0.1, 0.15) is 75.6 Å². The molecular weight excluding hydrogens is 666 g/mol. The molecule has 0 amide bonds. The molecule has 0 spiro atoms. The summed E-state index contributed by atoms with van der Waals surface area (Å²) in [5.74, 6) is 1.30. The van der Waals surface area contributed by atoms with Crippen molar-refractivity contribution in [3.8, 4) is 0 Å². The number of rotatable bonds is 5. The number of hydrogen-bond acceptors (Lipinski definition) is 6. The fourth-order valence-corrected chi connectivity index (χ4v) is 9.30. The first-order valence-electron chi connectivity index (χ1n) is 14.9. The number of aliphatic hydroxyl groups is 3. The summed E-state index contributed by atoms with van der Waals surface area (Å²) in [7, 11) is -5.80. The third-order valence-electron chi connectivity index (χ3n) is 10.6. The third kappa shape index (κ3) is 8.37. The van der Waals surface area contributed by atoms with Crippen molar-refractivity contribution >= 4 is 52.6 Å². The van der Waals surface area contributed by atoms with Crippen LogP contribution in [-0.4, -0.2) is 93.6 Å². The summed E-state index contributed by atoms with van der Waals surface area (Å²) in [5, 5.41) is 30.6. The first-order valence-corrected chi connectivity index (χ1v) is 17.2. The van der Waals surface area contributed by atoms with Crippen LogP contribution in [0.15, 0.2) is 30.3 Å². The van der Waals surface area contributed by atoms with E-state index in [1.54, 1.807) is 0 Å². The quantitative estimate of drug-likeness (QED) is 0.184. The van der Waals surface area contributed by atoms with E-state index in [4.69, 9.17) is 0 Å². The van der Waals surface area contributed by atoms with E-state index in [0.29, 0.717) is 18.1 Å². The monoisotopic (exact) mass is 714 g/mol. The van der Waals surface area contributed by atoms with Gasteiger partial charge in [0.15, 0.2) is 11.5 Å². The Morgan fingerprint density at radius 3 is 2.14 bits per heavy atom. The van der Waals surface area contributed by atoms with E-state index in [9.17, 15) is 47.0 Å². The molecule has 4 saturated carbocycles. The molecule has 13 heteroatoms. The number of hydrogen-bond donors (Lipinski definition) is 3. The first-order chi connectivity index (χ1) is 19.9. The molecule has 8 atom stereocenters. The molecule has 0 radical (unpaired) electrons. The van der Waals surface area contributed by atoms with E-state index in [2.05, 4.69) is 19.4 Å². The molecule has 0 aliphatic heterocycles. The zero-order valence-corrected chi connectivity index (χ0v) is 28.8. The van der Waals surface area contributed by atoms with Gasteiger partial charge in [0.05, 0.1) is 18.6 Å². The average Bonchev–Trinajstić information content (AvgIpc) is 3.18. The number of carbonyl (C=O) groups is 3. The van der Waals surface area contributed by atoms with Gasteiger partial charge < -0.3 is 32.6 Å². The van der Waals surface area contributed by atoms with Crippen molar-refractivity contribution in [2.45, 2.75) is 76.9 Å². The zero-order valence-electron chi connectivity index (χ0n) is 25.9. The molecule has 4 aliphatic carbocycles. The minimum absolute atomic E-state index is 0. The van der Waals surface area contributed by atoms with E-state index >= 15 is 0 Å². The SMILES string of the molecule is C[C@]12CC[C@@H](O)C[C@H]1CC[C@@H]1[C@@H]2C(=O)C[C@@]2(C)[C@H]1CC[C@]2(O)C(=O)CO.C[S+](C)CC(=O)c1ccccc1.F[B-](F)(F)F.[SeH2]. The maximum absolute atomic E-state index is 13.4. The van der Waals surface area contributed by atoms with Crippen LogP contribution in [0.4, 0.5) is 17.3 Å². The van der Waals surface area contributed by atoms with E-state index < -0.39 is 30.7 Å². The Morgan fingerprint density at radius 2 is 1.59 bits per heavy atom. The van der Waals surface area contributed by atoms with Crippen molar-refractivity contribution in [2.24, 2.45) is 34.5 Å². The van der Waals surface area contributed by atoms with Gasteiger partial charge in [0.2, 0.25) is 5.78 Å². The number of fused-ring (bicyclic) bond motifs is 5. The second-order valence-corrected chi connectivity index (χ2v) is 15.7. The van der Waals surface area contributed by atoms with Crippen molar-refractivity contribution in [1.82, 2.24) is 0 Å². The maximum atomic E-state index is 13.4. The molecule has 3 N–H and O–H groups in total. The number of benzene rings is 1. The molecule has 4 aliphatic rings. The molecule has 0 heterocycles. The van der Waals surface area contributed by atoms with Gasteiger partial charge in [-0.15, -0.1) is 0 Å². The normalized spacial score (nSPS) is 35.8. The van der Waals surface area contributed by atoms with E-state index in [-0.39, 0.29) is 75.2 Å². The molecule has 4 fully saturated rings. The van der Waals surface area contributed by atoms with Crippen LogP contribution >= 0.6 is 0 Å². The van der Waals surface area contributed by atoms with Crippen LogP contribution in [0.2, 0.25) is 0 Å². The summed E-state index contributed by atoms with van der Waals surface area (Å²) in [6.45, 7) is 3.46. The number of halogens is 4. The molecule has 1 aromatic rings. The second kappa shape index (κ2) is 15.1. The predicted molar refractivity (Wildman–Crippen MR) is 169 cm³/mol. The number of Topliss-reactive ketones (excluding diaryl/α,β-unsaturated/α-hetero) is 3. The Hall–Kier alpha value is -1.24.